The summed E-state index contributed by atoms with van der Waals surface area (Å²) in [5.74, 6) is -1.85. The lowest BCUT2D eigenvalue weighted by Gasteiger charge is -2.21. The van der Waals surface area contributed by atoms with Crippen molar-refractivity contribution in [2.24, 2.45) is 0 Å². The van der Waals surface area contributed by atoms with Crippen LogP contribution in [0.2, 0.25) is 19.6 Å². The van der Waals surface area contributed by atoms with E-state index in [9.17, 15) is 35.5 Å². The van der Waals surface area contributed by atoms with Crippen LogP contribution in [0.15, 0.2) is 40.9 Å². The standard InChI is InChI=1S/C10H12F4O3SSi.C10H9FN2.C5H6N2O2/c1-19(2,3)9-7(11)5-4-6-8(9)17-18(15,16)10(12,13)14;11-8-4-1-3-7-9-5-2-6-13(9)12-10(7)8;8-5-4-2-1-3-7(4)6-9-5/h4-6H,1-3H3;1,3-4H,2,5-6H2;1-3H2. The number of rotatable bonds is 3. The first-order valence-corrected chi connectivity index (χ1v) is 17.5. The number of benzene rings is 2. The Hall–Kier alpha value is -3.53. The van der Waals surface area contributed by atoms with Gasteiger partial charge in [-0.1, -0.05) is 42.5 Å². The van der Waals surface area contributed by atoms with Crippen LogP contribution in [0.5, 0.6) is 11.7 Å². The van der Waals surface area contributed by atoms with Crippen LogP contribution in [-0.4, -0.2) is 37.1 Å². The molecule has 0 bridgehead atoms. The highest BCUT2D eigenvalue weighted by atomic mass is 32.2. The number of halogens is 5. The summed E-state index contributed by atoms with van der Waals surface area (Å²) in [6.45, 7) is 6.76. The number of aryl methyl sites for hydroxylation is 3. The molecule has 0 unspecified atom stereocenters. The quantitative estimate of drug-likeness (QED) is 0.113. The molecule has 2 aromatic heterocycles. The van der Waals surface area contributed by atoms with Gasteiger partial charge < -0.3 is 13.8 Å². The largest absolute Gasteiger partial charge is 0.539 e. The van der Waals surface area contributed by atoms with E-state index in [0.717, 1.165) is 68.1 Å². The molecule has 0 aliphatic carbocycles. The second kappa shape index (κ2) is 11.4. The molecular formula is C25H27F5N4O5SSi. The van der Waals surface area contributed by atoms with Crippen molar-refractivity contribution >= 4 is 34.3 Å². The van der Waals surface area contributed by atoms with Crippen LogP contribution in [0.3, 0.4) is 0 Å². The van der Waals surface area contributed by atoms with E-state index in [0.29, 0.717) is 5.52 Å². The lowest BCUT2D eigenvalue weighted by molar-refractivity contribution is -0.757. The first-order valence-electron chi connectivity index (χ1n) is 12.6. The molecule has 2 aromatic carbocycles. The average Bonchev–Trinajstić information content (AvgIpc) is 3.63. The van der Waals surface area contributed by atoms with E-state index in [1.165, 1.54) is 11.8 Å². The summed E-state index contributed by atoms with van der Waals surface area (Å²) in [6, 6.07) is 8.33. The van der Waals surface area contributed by atoms with Gasteiger partial charge in [-0.25, -0.2) is 8.78 Å². The zero-order valence-corrected chi connectivity index (χ0v) is 24.2. The third-order valence-corrected chi connectivity index (χ3v) is 9.33. The maximum absolute atomic E-state index is 13.7. The van der Waals surface area contributed by atoms with Crippen LogP contribution >= 0.6 is 0 Å². The predicted octanol–water partition coefficient (Wildman–Crippen LogP) is 3.70. The van der Waals surface area contributed by atoms with Crippen molar-refractivity contribution in [2.75, 3.05) is 0 Å². The molecule has 222 valence electrons. The van der Waals surface area contributed by atoms with Gasteiger partial charge in [-0.05, 0) is 31.0 Å². The molecule has 0 amide bonds. The summed E-state index contributed by atoms with van der Waals surface area (Å²) in [5, 5.41) is 19.3. The topological polar surface area (TPSA) is 114 Å². The molecule has 16 heteroatoms. The van der Waals surface area contributed by atoms with E-state index < -0.39 is 35.3 Å². The molecule has 4 aromatic rings. The molecule has 2 aliphatic rings. The van der Waals surface area contributed by atoms with E-state index in [2.05, 4.69) is 19.1 Å². The van der Waals surface area contributed by atoms with E-state index >= 15 is 0 Å². The zero-order chi connectivity index (χ0) is 30.2. The average molecular weight is 619 g/mol. The van der Waals surface area contributed by atoms with Crippen LogP contribution in [0.25, 0.3) is 10.9 Å². The molecule has 0 fully saturated rings. The van der Waals surface area contributed by atoms with Crippen molar-refractivity contribution in [2.45, 2.75) is 63.9 Å². The normalized spacial score (nSPS) is 14.5. The Morgan fingerprint density at radius 3 is 2.39 bits per heavy atom. The van der Waals surface area contributed by atoms with E-state index in [-0.39, 0.29) is 17.0 Å². The highest BCUT2D eigenvalue weighted by molar-refractivity contribution is 7.88. The molecule has 0 saturated carbocycles. The summed E-state index contributed by atoms with van der Waals surface area (Å²) in [7, 11) is -8.21. The maximum atomic E-state index is 13.7. The Morgan fingerprint density at radius 2 is 1.73 bits per heavy atom. The van der Waals surface area contributed by atoms with Gasteiger partial charge in [-0.3, -0.25) is 4.68 Å². The molecule has 9 nitrogen and oxygen atoms in total. The van der Waals surface area contributed by atoms with Gasteiger partial charge in [0.1, 0.15) is 17.1 Å². The van der Waals surface area contributed by atoms with E-state index in [1.807, 2.05) is 10.7 Å². The van der Waals surface area contributed by atoms with Gasteiger partial charge in [0.25, 0.3) is 0 Å². The summed E-state index contributed by atoms with van der Waals surface area (Å²) >= 11 is 0. The van der Waals surface area contributed by atoms with Gasteiger partial charge in [0, 0.05) is 35.7 Å². The number of aromatic nitrogens is 4. The van der Waals surface area contributed by atoms with Gasteiger partial charge in [0.05, 0.1) is 13.3 Å². The fourth-order valence-corrected chi connectivity index (χ4v) is 6.80. The third kappa shape index (κ3) is 6.53. The second-order valence-corrected chi connectivity index (χ2v) is 16.9. The number of hydrogen-bond acceptors (Lipinski definition) is 7. The molecular weight excluding hydrogens is 591 g/mol. The highest BCUT2D eigenvalue weighted by Crippen LogP contribution is 2.28. The monoisotopic (exact) mass is 618 g/mol. The van der Waals surface area contributed by atoms with Crippen molar-refractivity contribution < 1.29 is 48.9 Å². The Morgan fingerprint density at radius 1 is 1.05 bits per heavy atom. The predicted molar refractivity (Wildman–Crippen MR) is 137 cm³/mol. The molecule has 0 spiro atoms. The summed E-state index contributed by atoms with van der Waals surface area (Å²) in [5.41, 5.74) is -3.11. The Balaban J connectivity index is 0.000000151. The number of nitrogens with zero attached hydrogens (tertiary/aromatic N) is 4. The number of alkyl halides is 3. The Kier molecular flexibility index (Phi) is 8.45. The minimum atomic E-state index is -5.79. The minimum absolute atomic E-state index is 0.0946. The Labute approximate surface area is 233 Å². The molecule has 0 N–H and O–H groups in total. The van der Waals surface area contributed by atoms with Crippen molar-refractivity contribution in [3.63, 3.8) is 0 Å². The fourth-order valence-electron chi connectivity index (χ4n) is 4.58. The van der Waals surface area contributed by atoms with Crippen molar-refractivity contribution in [3.05, 3.63) is 59.4 Å². The van der Waals surface area contributed by atoms with Crippen LogP contribution < -0.4 is 19.2 Å². The van der Waals surface area contributed by atoms with E-state index in [1.54, 1.807) is 30.4 Å². The van der Waals surface area contributed by atoms with Crippen molar-refractivity contribution in [3.8, 4) is 11.7 Å². The molecule has 0 radical (unpaired) electrons. The first-order chi connectivity index (χ1) is 19.1. The van der Waals surface area contributed by atoms with Crippen LogP contribution in [0.1, 0.15) is 24.2 Å². The molecule has 6 rings (SSSR count). The van der Waals surface area contributed by atoms with Crippen LogP contribution in [0.4, 0.5) is 22.0 Å². The number of hydrogen-bond donors (Lipinski definition) is 0. The fraction of sp³-hybridized carbons (Fsp3) is 0.400. The lowest BCUT2D eigenvalue weighted by Crippen LogP contribution is -2.42. The third-order valence-electron chi connectivity index (χ3n) is 6.37. The molecule has 0 saturated heterocycles. The highest BCUT2D eigenvalue weighted by Gasteiger charge is 2.49. The van der Waals surface area contributed by atoms with Crippen molar-refractivity contribution in [1.29, 1.82) is 0 Å². The SMILES string of the molecule is C[Si](C)(C)c1c(F)cccc1OS(=O)(=O)C(F)(F)F.Fc1cccc2c3n(nc12)CCC3.[O-]c1on[n+]2c1CCC2. The molecule has 0 atom stereocenters. The van der Waals surface area contributed by atoms with Gasteiger partial charge in [0.15, 0.2) is 18.3 Å². The summed E-state index contributed by atoms with van der Waals surface area (Å²) in [6.07, 6.45) is 4.00. The van der Waals surface area contributed by atoms with Crippen LogP contribution in [-0.2, 0) is 36.0 Å². The Bertz CT molecular complexity index is 1670. The first kappa shape index (κ1) is 30.4. The summed E-state index contributed by atoms with van der Waals surface area (Å²) < 4.78 is 97.6. The molecule has 41 heavy (non-hydrogen) atoms. The lowest BCUT2D eigenvalue weighted by atomic mass is 10.1. The van der Waals surface area contributed by atoms with Crippen molar-refractivity contribution in [1.82, 2.24) is 15.1 Å². The number of fused-ring (bicyclic) bond motifs is 4. The van der Waals surface area contributed by atoms with Gasteiger partial charge in [0.2, 0.25) is 5.69 Å². The minimum Gasteiger partial charge on any atom is -0.539 e. The molecule has 2 aliphatic heterocycles. The molecule has 4 heterocycles. The zero-order valence-electron chi connectivity index (χ0n) is 22.3. The maximum Gasteiger partial charge on any atom is 0.534 e. The van der Waals surface area contributed by atoms with Gasteiger partial charge in [-0.15, -0.1) is 0 Å². The van der Waals surface area contributed by atoms with Crippen LogP contribution in [0, 0.1) is 11.6 Å². The van der Waals surface area contributed by atoms with Gasteiger partial charge >= 0.3 is 15.6 Å². The smallest absolute Gasteiger partial charge is 0.534 e. The second-order valence-electron chi connectivity index (χ2n) is 10.4. The summed E-state index contributed by atoms with van der Waals surface area (Å²) in [4.78, 5) is 0. The van der Waals surface area contributed by atoms with E-state index in [4.69, 9.17) is 0 Å². The van der Waals surface area contributed by atoms with Gasteiger partial charge in [-0.2, -0.15) is 26.7 Å².